The van der Waals surface area contributed by atoms with Crippen molar-refractivity contribution in [1.29, 1.82) is 0 Å². The Kier molecular flexibility index (Phi) is 6.95. The highest BCUT2D eigenvalue weighted by Gasteiger charge is 2.10. The van der Waals surface area contributed by atoms with Gasteiger partial charge in [-0.05, 0) is 43.7 Å². The van der Waals surface area contributed by atoms with Gasteiger partial charge in [-0.15, -0.1) is 0 Å². The summed E-state index contributed by atoms with van der Waals surface area (Å²) in [5, 5.41) is 11.3. The summed E-state index contributed by atoms with van der Waals surface area (Å²) in [6.45, 7) is 5.26. The second-order valence-corrected chi connectivity index (χ2v) is 6.92. The molecule has 0 atom stereocenters. The SMILES string of the molecule is CN=C(NCc1ccc(OC)cc1OC)NCc1ccccc1-n1nc(C)cc1C. The molecule has 0 amide bonds. The van der Waals surface area contributed by atoms with Gasteiger partial charge in [-0.1, -0.05) is 18.2 Å². The number of aliphatic imine (C=N–C) groups is 1. The first-order valence-corrected chi connectivity index (χ1v) is 9.82. The lowest BCUT2D eigenvalue weighted by atomic mass is 10.1. The van der Waals surface area contributed by atoms with Gasteiger partial charge in [0, 0.05) is 37.5 Å². The summed E-state index contributed by atoms with van der Waals surface area (Å²) >= 11 is 0. The third kappa shape index (κ3) is 4.92. The standard InChI is InChI=1S/C23H29N5O2/c1-16-12-17(2)28(27-16)21-9-7-6-8-18(21)14-25-23(24-3)26-15-19-10-11-20(29-4)13-22(19)30-5/h6-13H,14-15H2,1-5H3,(H2,24,25,26). The lowest BCUT2D eigenvalue weighted by molar-refractivity contribution is 0.390. The first-order valence-electron chi connectivity index (χ1n) is 9.82. The van der Waals surface area contributed by atoms with Gasteiger partial charge in [-0.2, -0.15) is 5.10 Å². The minimum Gasteiger partial charge on any atom is -0.497 e. The number of methoxy groups -OCH3 is 2. The minimum atomic E-state index is 0.575. The average molecular weight is 408 g/mol. The fourth-order valence-corrected chi connectivity index (χ4v) is 3.32. The average Bonchev–Trinajstić information content (AvgIpc) is 3.11. The summed E-state index contributed by atoms with van der Waals surface area (Å²) in [4.78, 5) is 4.34. The zero-order chi connectivity index (χ0) is 21.5. The molecule has 0 aliphatic heterocycles. The molecular weight excluding hydrogens is 378 g/mol. The van der Waals surface area contributed by atoms with Crippen molar-refractivity contribution in [2.75, 3.05) is 21.3 Å². The Labute approximate surface area is 177 Å². The quantitative estimate of drug-likeness (QED) is 0.464. The van der Waals surface area contributed by atoms with E-state index in [1.165, 1.54) is 0 Å². The van der Waals surface area contributed by atoms with Gasteiger partial charge in [-0.3, -0.25) is 4.99 Å². The maximum absolute atomic E-state index is 5.47. The van der Waals surface area contributed by atoms with Crippen LogP contribution in [0, 0.1) is 13.8 Å². The van der Waals surface area contributed by atoms with Crippen LogP contribution in [0.4, 0.5) is 0 Å². The van der Waals surface area contributed by atoms with E-state index >= 15 is 0 Å². The highest BCUT2D eigenvalue weighted by Crippen LogP contribution is 2.24. The van der Waals surface area contributed by atoms with Crippen LogP contribution in [0.2, 0.25) is 0 Å². The molecule has 7 nitrogen and oxygen atoms in total. The highest BCUT2D eigenvalue weighted by atomic mass is 16.5. The van der Waals surface area contributed by atoms with E-state index < -0.39 is 0 Å². The van der Waals surface area contributed by atoms with Crippen LogP contribution >= 0.6 is 0 Å². The predicted molar refractivity (Wildman–Crippen MR) is 120 cm³/mol. The number of hydrogen-bond donors (Lipinski definition) is 2. The summed E-state index contributed by atoms with van der Waals surface area (Å²) in [5.41, 5.74) is 5.32. The molecule has 0 bridgehead atoms. The number of aryl methyl sites for hydroxylation is 2. The van der Waals surface area contributed by atoms with Crippen LogP contribution in [0.3, 0.4) is 0 Å². The number of ether oxygens (including phenoxy) is 2. The fraction of sp³-hybridized carbons (Fsp3) is 0.304. The van der Waals surface area contributed by atoms with Crippen LogP contribution in [0.15, 0.2) is 53.5 Å². The zero-order valence-electron chi connectivity index (χ0n) is 18.2. The van der Waals surface area contributed by atoms with Crippen LogP contribution in [-0.2, 0) is 13.1 Å². The number of rotatable bonds is 7. The van der Waals surface area contributed by atoms with Crippen molar-refractivity contribution in [3.8, 4) is 17.2 Å². The Hall–Kier alpha value is -3.48. The molecule has 3 aromatic rings. The molecule has 7 heteroatoms. The number of hydrogen-bond acceptors (Lipinski definition) is 4. The molecule has 3 rings (SSSR count). The summed E-state index contributed by atoms with van der Waals surface area (Å²) in [6.07, 6.45) is 0. The third-order valence-corrected chi connectivity index (χ3v) is 4.84. The van der Waals surface area contributed by atoms with Crippen LogP contribution in [0.5, 0.6) is 11.5 Å². The number of nitrogens with one attached hydrogen (secondary N) is 2. The second kappa shape index (κ2) is 9.82. The van der Waals surface area contributed by atoms with E-state index in [1.54, 1.807) is 21.3 Å². The summed E-state index contributed by atoms with van der Waals surface area (Å²) < 4.78 is 12.7. The number of benzene rings is 2. The second-order valence-electron chi connectivity index (χ2n) is 6.92. The molecular formula is C23H29N5O2. The molecule has 0 aliphatic carbocycles. The van der Waals surface area contributed by atoms with Gasteiger partial charge in [0.25, 0.3) is 0 Å². The van der Waals surface area contributed by atoms with E-state index in [1.807, 2.05) is 41.9 Å². The predicted octanol–water partition coefficient (Wildman–Crippen LogP) is 3.37. The zero-order valence-corrected chi connectivity index (χ0v) is 18.2. The molecule has 158 valence electrons. The van der Waals surface area contributed by atoms with Crippen molar-refractivity contribution in [2.24, 2.45) is 4.99 Å². The van der Waals surface area contributed by atoms with Crippen molar-refractivity contribution in [3.63, 3.8) is 0 Å². The van der Waals surface area contributed by atoms with Crippen LogP contribution in [0.25, 0.3) is 5.69 Å². The summed E-state index contributed by atoms with van der Waals surface area (Å²) in [7, 11) is 5.05. The smallest absolute Gasteiger partial charge is 0.191 e. The van der Waals surface area contributed by atoms with E-state index in [0.717, 1.165) is 39.7 Å². The van der Waals surface area contributed by atoms with Gasteiger partial charge in [0.15, 0.2) is 5.96 Å². The number of aromatic nitrogens is 2. The Bertz CT molecular complexity index is 1030. The normalized spacial score (nSPS) is 11.3. The molecule has 1 aromatic heterocycles. The van der Waals surface area contributed by atoms with Crippen molar-refractivity contribution in [3.05, 3.63) is 71.0 Å². The minimum absolute atomic E-state index is 0.575. The highest BCUT2D eigenvalue weighted by molar-refractivity contribution is 5.79. The molecule has 0 saturated carbocycles. The molecule has 1 heterocycles. The number of para-hydroxylation sites is 1. The number of guanidine groups is 1. The van der Waals surface area contributed by atoms with E-state index in [9.17, 15) is 0 Å². The van der Waals surface area contributed by atoms with E-state index in [0.29, 0.717) is 19.0 Å². The van der Waals surface area contributed by atoms with Gasteiger partial charge in [-0.25, -0.2) is 4.68 Å². The van der Waals surface area contributed by atoms with Crippen molar-refractivity contribution in [1.82, 2.24) is 20.4 Å². The largest absolute Gasteiger partial charge is 0.497 e. The molecule has 0 fully saturated rings. The Morgan fingerprint density at radius 1 is 0.967 bits per heavy atom. The third-order valence-electron chi connectivity index (χ3n) is 4.84. The van der Waals surface area contributed by atoms with E-state index in [-0.39, 0.29) is 0 Å². The van der Waals surface area contributed by atoms with Crippen molar-refractivity contribution < 1.29 is 9.47 Å². The summed E-state index contributed by atoms with van der Waals surface area (Å²) in [6, 6.07) is 16.1. The lowest BCUT2D eigenvalue weighted by Gasteiger charge is -2.16. The first kappa shape index (κ1) is 21.2. The Morgan fingerprint density at radius 2 is 1.70 bits per heavy atom. The van der Waals surface area contributed by atoms with Gasteiger partial charge in [0.2, 0.25) is 0 Å². The molecule has 30 heavy (non-hydrogen) atoms. The topological polar surface area (TPSA) is 72.7 Å². The molecule has 0 aliphatic rings. The number of nitrogens with zero attached hydrogens (tertiary/aromatic N) is 3. The maximum Gasteiger partial charge on any atom is 0.191 e. The van der Waals surface area contributed by atoms with Gasteiger partial charge >= 0.3 is 0 Å². The van der Waals surface area contributed by atoms with E-state index in [2.05, 4.69) is 45.8 Å². The lowest BCUT2D eigenvalue weighted by Crippen LogP contribution is -2.36. The molecule has 0 saturated heterocycles. The Balaban J connectivity index is 1.68. The van der Waals surface area contributed by atoms with Crippen LogP contribution in [0.1, 0.15) is 22.5 Å². The van der Waals surface area contributed by atoms with Crippen LogP contribution < -0.4 is 20.1 Å². The van der Waals surface area contributed by atoms with Crippen molar-refractivity contribution >= 4 is 5.96 Å². The van der Waals surface area contributed by atoms with Gasteiger partial charge in [0.1, 0.15) is 11.5 Å². The fourth-order valence-electron chi connectivity index (χ4n) is 3.32. The summed E-state index contributed by atoms with van der Waals surface area (Å²) in [5.74, 6) is 2.24. The molecule has 2 aromatic carbocycles. The maximum atomic E-state index is 5.47. The molecule has 0 unspecified atom stereocenters. The molecule has 0 radical (unpaired) electrons. The Morgan fingerprint density at radius 3 is 2.33 bits per heavy atom. The van der Waals surface area contributed by atoms with Crippen molar-refractivity contribution in [2.45, 2.75) is 26.9 Å². The van der Waals surface area contributed by atoms with Crippen LogP contribution in [-0.4, -0.2) is 37.0 Å². The van der Waals surface area contributed by atoms with Gasteiger partial charge in [0.05, 0.1) is 25.6 Å². The molecule has 2 N–H and O–H groups in total. The first-order chi connectivity index (χ1) is 14.5. The van der Waals surface area contributed by atoms with Gasteiger partial charge < -0.3 is 20.1 Å². The monoisotopic (exact) mass is 407 g/mol. The van der Waals surface area contributed by atoms with E-state index in [4.69, 9.17) is 9.47 Å². The molecule has 0 spiro atoms.